The van der Waals surface area contributed by atoms with Crippen molar-refractivity contribution < 1.29 is 18.4 Å². The average Bonchev–Trinajstić information content (AvgIpc) is 2.83. The van der Waals surface area contributed by atoms with Crippen molar-refractivity contribution in [1.29, 1.82) is 0 Å². The van der Waals surface area contributed by atoms with Gasteiger partial charge in [0.25, 0.3) is 5.92 Å². The number of hydrogen-bond donors (Lipinski definition) is 2. The van der Waals surface area contributed by atoms with Crippen LogP contribution in [0.4, 0.5) is 8.78 Å². The van der Waals surface area contributed by atoms with E-state index in [2.05, 4.69) is 10.6 Å². The van der Waals surface area contributed by atoms with E-state index >= 15 is 0 Å². The van der Waals surface area contributed by atoms with Gasteiger partial charge >= 0.3 is 0 Å². The summed E-state index contributed by atoms with van der Waals surface area (Å²) >= 11 is 0. The summed E-state index contributed by atoms with van der Waals surface area (Å²) in [6.07, 6.45) is 1.35. The Kier molecular flexibility index (Phi) is 5.28. The van der Waals surface area contributed by atoms with Crippen molar-refractivity contribution in [3.63, 3.8) is 0 Å². The van der Waals surface area contributed by atoms with E-state index in [-0.39, 0.29) is 17.7 Å². The topological polar surface area (TPSA) is 61.4 Å². The average molecular weight is 331 g/mol. The van der Waals surface area contributed by atoms with Gasteiger partial charge in [-0.3, -0.25) is 14.9 Å². The number of halogens is 2. The fourth-order valence-corrected chi connectivity index (χ4v) is 3.04. The maximum Gasteiger partial charge on any atom is 0.262 e. The molecule has 2 aliphatic rings. The van der Waals surface area contributed by atoms with E-state index in [4.69, 9.17) is 0 Å². The molecule has 0 spiro atoms. The van der Waals surface area contributed by atoms with Crippen LogP contribution < -0.4 is 10.6 Å². The Labute approximate surface area is 136 Å². The standard InChI is InChI=1S/C16H27F2N3O2/c1-15(2,3)14(23)19-8-11-5-4-6-21(9-11)13(22)12-7-16(17,18)10-20-12/h11-12,20H,4-10H2,1-3H3,(H,19,23). The van der Waals surface area contributed by atoms with E-state index in [1.54, 1.807) is 4.90 Å². The Bertz CT molecular complexity index is 463. The zero-order valence-electron chi connectivity index (χ0n) is 14.1. The van der Waals surface area contributed by atoms with Gasteiger partial charge in [0.05, 0.1) is 12.6 Å². The molecule has 2 fully saturated rings. The van der Waals surface area contributed by atoms with Crippen molar-refractivity contribution in [1.82, 2.24) is 15.5 Å². The third kappa shape index (κ3) is 4.86. The SMILES string of the molecule is CC(C)(C)C(=O)NCC1CCCN(C(=O)C2CC(F)(F)CN2)C1. The molecule has 0 aromatic rings. The molecular formula is C16H27F2N3O2. The molecule has 2 unspecified atom stereocenters. The lowest BCUT2D eigenvalue weighted by molar-refractivity contribution is -0.135. The Balaban J connectivity index is 1.84. The van der Waals surface area contributed by atoms with Crippen LogP contribution in [0.5, 0.6) is 0 Å². The van der Waals surface area contributed by atoms with Gasteiger partial charge in [-0.25, -0.2) is 8.78 Å². The molecule has 0 bridgehead atoms. The second-order valence-corrected chi connectivity index (χ2v) is 7.75. The number of nitrogens with zero attached hydrogens (tertiary/aromatic N) is 1. The summed E-state index contributed by atoms with van der Waals surface area (Å²) in [5.41, 5.74) is -0.441. The molecule has 0 saturated carbocycles. The zero-order chi connectivity index (χ0) is 17.3. The van der Waals surface area contributed by atoms with Gasteiger partial charge in [-0.2, -0.15) is 0 Å². The van der Waals surface area contributed by atoms with Crippen LogP contribution in [0.15, 0.2) is 0 Å². The van der Waals surface area contributed by atoms with Crippen molar-refractivity contribution in [3.05, 3.63) is 0 Å². The number of likely N-dealkylation sites (tertiary alicyclic amines) is 1. The lowest BCUT2D eigenvalue weighted by atomic mass is 9.93. The van der Waals surface area contributed by atoms with Gasteiger partial charge in [0.2, 0.25) is 11.8 Å². The normalized spacial score (nSPS) is 27.8. The number of rotatable bonds is 3. The lowest BCUT2D eigenvalue weighted by Crippen LogP contribution is -2.50. The number of amides is 2. The third-order valence-electron chi connectivity index (χ3n) is 4.47. The molecule has 2 heterocycles. The van der Waals surface area contributed by atoms with Gasteiger partial charge in [-0.1, -0.05) is 20.8 Å². The number of carbonyl (C=O) groups is 2. The highest BCUT2D eigenvalue weighted by molar-refractivity contribution is 5.82. The highest BCUT2D eigenvalue weighted by Crippen LogP contribution is 2.27. The summed E-state index contributed by atoms with van der Waals surface area (Å²) < 4.78 is 26.5. The first-order valence-corrected chi connectivity index (χ1v) is 8.27. The quantitative estimate of drug-likeness (QED) is 0.821. The first-order chi connectivity index (χ1) is 10.6. The Hall–Kier alpha value is -1.24. The number of hydrogen-bond acceptors (Lipinski definition) is 3. The molecule has 5 nitrogen and oxygen atoms in total. The fourth-order valence-electron chi connectivity index (χ4n) is 3.04. The van der Waals surface area contributed by atoms with Gasteiger partial charge in [0, 0.05) is 31.5 Å². The second-order valence-electron chi connectivity index (χ2n) is 7.75. The summed E-state index contributed by atoms with van der Waals surface area (Å²) in [4.78, 5) is 26.0. The van der Waals surface area contributed by atoms with Crippen LogP contribution in [0, 0.1) is 11.3 Å². The van der Waals surface area contributed by atoms with E-state index in [0.717, 1.165) is 12.8 Å². The molecule has 2 amide bonds. The monoisotopic (exact) mass is 331 g/mol. The number of nitrogens with one attached hydrogen (secondary N) is 2. The van der Waals surface area contributed by atoms with Crippen molar-refractivity contribution in [2.75, 3.05) is 26.2 Å². The maximum atomic E-state index is 13.2. The van der Waals surface area contributed by atoms with E-state index < -0.39 is 30.3 Å². The van der Waals surface area contributed by atoms with Crippen LogP contribution in [0.25, 0.3) is 0 Å². The zero-order valence-corrected chi connectivity index (χ0v) is 14.1. The van der Waals surface area contributed by atoms with E-state index in [1.165, 1.54) is 0 Å². The Morgan fingerprint density at radius 1 is 1.35 bits per heavy atom. The molecule has 0 radical (unpaired) electrons. The minimum absolute atomic E-state index is 0.0157. The Morgan fingerprint density at radius 3 is 2.61 bits per heavy atom. The first-order valence-electron chi connectivity index (χ1n) is 8.27. The highest BCUT2D eigenvalue weighted by atomic mass is 19.3. The summed E-state index contributed by atoms with van der Waals surface area (Å²) in [7, 11) is 0. The van der Waals surface area contributed by atoms with Crippen molar-refractivity contribution in [2.24, 2.45) is 11.3 Å². The first kappa shape index (κ1) is 18.1. The highest BCUT2D eigenvalue weighted by Gasteiger charge is 2.44. The predicted octanol–water partition coefficient (Wildman–Crippen LogP) is 1.38. The second kappa shape index (κ2) is 6.71. The van der Waals surface area contributed by atoms with E-state index in [0.29, 0.717) is 19.6 Å². The molecule has 2 aliphatic heterocycles. The van der Waals surface area contributed by atoms with Crippen LogP contribution in [0.2, 0.25) is 0 Å². The van der Waals surface area contributed by atoms with Crippen LogP contribution in [0.1, 0.15) is 40.0 Å². The van der Waals surface area contributed by atoms with Crippen LogP contribution in [-0.2, 0) is 9.59 Å². The van der Waals surface area contributed by atoms with E-state index in [9.17, 15) is 18.4 Å². The number of carbonyl (C=O) groups excluding carboxylic acids is 2. The maximum absolute atomic E-state index is 13.2. The molecular weight excluding hydrogens is 304 g/mol. The van der Waals surface area contributed by atoms with Gasteiger partial charge in [0.15, 0.2) is 0 Å². The Morgan fingerprint density at radius 2 is 2.04 bits per heavy atom. The largest absolute Gasteiger partial charge is 0.355 e. The summed E-state index contributed by atoms with van der Waals surface area (Å²) in [6.45, 7) is 6.77. The molecule has 0 aromatic carbocycles. The van der Waals surface area contributed by atoms with Gasteiger partial charge in [-0.15, -0.1) is 0 Å². The molecule has 2 atom stereocenters. The predicted molar refractivity (Wildman–Crippen MR) is 83.1 cm³/mol. The molecule has 0 aliphatic carbocycles. The minimum atomic E-state index is -2.80. The minimum Gasteiger partial charge on any atom is -0.355 e. The smallest absolute Gasteiger partial charge is 0.262 e. The lowest BCUT2D eigenvalue weighted by Gasteiger charge is -2.34. The van der Waals surface area contributed by atoms with Gasteiger partial charge in [-0.05, 0) is 18.8 Å². The van der Waals surface area contributed by atoms with Crippen molar-refractivity contribution in [3.8, 4) is 0 Å². The summed E-state index contributed by atoms with van der Waals surface area (Å²) in [5, 5.41) is 5.54. The van der Waals surface area contributed by atoms with Gasteiger partial charge in [0.1, 0.15) is 0 Å². The molecule has 23 heavy (non-hydrogen) atoms. The fraction of sp³-hybridized carbons (Fsp3) is 0.875. The molecule has 0 aromatic heterocycles. The molecule has 2 N–H and O–H groups in total. The van der Waals surface area contributed by atoms with Gasteiger partial charge < -0.3 is 10.2 Å². The van der Waals surface area contributed by atoms with Crippen molar-refractivity contribution in [2.45, 2.75) is 52.0 Å². The molecule has 7 heteroatoms. The molecule has 2 rings (SSSR count). The van der Waals surface area contributed by atoms with Crippen LogP contribution in [-0.4, -0.2) is 54.9 Å². The third-order valence-corrected chi connectivity index (χ3v) is 4.47. The summed E-state index contributed by atoms with van der Waals surface area (Å²) in [5.74, 6) is -2.87. The van der Waals surface area contributed by atoms with Crippen LogP contribution in [0.3, 0.4) is 0 Å². The molecule has 132 valence electrons. The van der Waals surface area contributed by atoms with Crippen LogP contribution >= 0.6 is 0 Å². The van der Waals surface area contributed by atoms with E-state index in [1.807, 2.05) is 20.8 Å². The van der Waals surface area contributed by atoms with Crippen molar-refractivity contribution >= 4 is 11.8 Å². The molecule has 2 saturated heterocycles. The summed E-state index contributed by atoms with van der Waals surface area (Å²) in [6, 6.07) is -0.784. The number of piperidine rings is 1. The number of alkyl halides is 2.